The Morgan fingerprint density at radius 1 is 1.17 bits per heavy atom. The van der Waals surface area contributed by atoms with Gasteiger partial charge in [-0.15, -0.1) is 0 Å². The van der Waals surface area contributed by atoms with Gasteiger partial charge in [0.25, 0.3) is 11.2 Å². The van der Waals surface area contributed by atoms with Crippen molar-refractivity contribution in [2.75, 3.05) is 18.0 Å². The standard InChI is InChI=1S/C28H32N4O4/c33-26-8-4-7-24-20-13-21(17-30(24)26)27-23(28(34)29-12-11-18-5-2-1-3-6-18)15-19-14-22(32(35)36)9-10-25(19)31(27)16-20/h4-5,7-10,14,20-21,23,27H,1-3,6,11-13,15-17H2,(H,29,34)/t20-,21-,23-,27+/m1/s1. The van der Waals surface area contributed by atoms with Gasteiger partial charge in [0.1, 0.15) is 0 Å². The summed E-state index contributed by atoms with van der Waals surface area (Å²) in [5.41, 5.74) is 4.41. The number of hydrogen-bond acceptors (Lipinski definition) is 5. The van der Waals surface area contributed by atoms with E-state index in [0.717, 1.165) is 42.6 Å². The van der Waals surface area contributed by atoms with Crippen LogP contribution in [-0.2, 0) is 17.8 Å². The lowest BCUT2D eigenvalue weighted by Gasteiger charge is -2.54. The molecule has 8 heteroatoms. The third kappa shape index (κ3) is 4.02. The third-order valence-corrected chi connectivity index (χ3v) is 8.67. The quantitative estimate of drug-likeness (QED) is 0.391. The van der Waals surface area contributed by atoms with Gasteiger partial charge in [-0.05, 0) is 68.6 Å². The summed E-state index contributed by atoms with van der Waals surface area (Å²) >= 11 is 0. The van der Waals surface area contributed by atoms with Crippen LogP contribution in [0, 0.1) is 22.0 Å². The summed E-state index contributed by atoms with van der Waals surface area (Å²) in [6.07, 6.45) is 9.32. The molecule has 1 fully saturated rings. The van der Waals surface area contributed by atoms with Gasteiger partial charge in [0.15, 0.2) is 0 Å². The first kappa shape index (κ1) is 23.0. The number of hydrogen-bond donors (Lipinski definition) is 1. The van der Waals surface area contributed by atoms with Gasteiger partial charge < -0.3 is 14.8 Å². The summed E-state index contributed by atoms with van der Waals surface area (Å²) in [6.45, 7) is 1.92. The number of anilines is 1. The van der Waals surface area contributed by atoms with Gasteiger partial charge >= 0.3 is 0 Å². The maximum atomic E-state index is 13.6. The van der Waals surface area contributed by atoms with E-state index in [-0.39, 0.29) is 45.9 Å². The molecule has 0 radical (unpaired) electrons. The highest BCUT2D eigenvalue weighted by molar-refractivity contribution is 5.82. The van der Waals surface area contributed by atoms with Crippen molar-refractivity contribution >= 4 is 17.3 Å². The van der Waals surface area contributed by atoms with Crippen LogP contribution in [0.15, 0.2) is 52.8 Å². The summed E-state index contributed by atoms with van der Waals surface area (Å²) in [6, 6.07) is 10.5. The van der Waals surface area contributed by atoms with Crippen LogP contribution in [0.25, 0.3) is 0 Å². The Morgan fingerprint density at radius 2 is 2.06 bits per heavy atom. The predicted molar refractivity (Wildman–Crippen MR) is 137 cm³/mol. The Morgan fingerprint density at radius 3 is 2.86 bits per heavy atom. The molecular formula is C28H32N4O4. The van der Waals surface area contributed by atoms with Gasteiger partial charge in [-0.2, -0.15) is 0 Å². The van der Waals surface area contributed by atoms with Crippen LogP contribution < -0.4 is 15.8 Å². The molecular weight excluding hydrogens is 456 g/mol. The Labute approximate surface area is 210 Å². The van der Waals surface area contributed by atoms with Crippen LogP contribution in [0.1, 0.15) is 55.7 Å². The first-order chi connectivity index (χ1) is 17.5. The Balaban J connectivity index is 1.32. The topological polar surface area (TPSA) is 97.5 Å². The second kappa shape index (κ2) is 9.22. The molecule has 4 aliphatic rings. The lowest BCUT2D eigenvalue weighted by atomic mass is 9.70. The molecule has 1 aliphatic carbocycles. The lowest BCUT2D eigenvalue weighted by molar-refractivity contribution is -0.384. The van der Waals surface area contributed by atoms with E-state index in [0.29, 0.717) is 26.1 Å². The second-order valence-corrected chi connectivity index (χ2v) is 10.8. The molecule has 1 aromatic heterocycles. The number of nitro groups is 1. The number of nitrogens with zero attached hydrogens (tertiary/aromatic N) is 3. The Hall–Kier alpha value is -3.42. The largest absolute Gasteiger partial charge is 0.366 e. The molecule has 6 rings (SSSR count). The number of carbonyl (C=O) groups is 1. The van der Waals surface area contributed by atoms with Gasteiger partial charge in [0.05, 0.1) is 10.8 Å². The molecule has 1 N–H and O–H groups in total. The number of nitro benzene ring substituents is 1. The van der Waals surface area contributed by atoms with Crippen LogP contribution in [0.5, 0.6) is 0 Å². The summed E-state index contributed by atoms with van der Waals surface area (Å²) in [5.74, 6) is 0.0588. The molecule has 2 aromatic rings. The van der Waals surface area contributed by atoms with Gasteiger partial charge in [-0.25, -0.2) is 0 Å². The summed E-state index contributed by atoms with van der Waals surface area (Å²) < 4.78 is 1.89. The van der Waals surface area contributed by atoms with Crippen molar-refractivity contribution in [3.63, 3.8) is 0 Å². The molecule has 2 bridgehead atoms. The molecule has 1 aromatic carbocycles. The smallest absolute Gasteiger partial charge is 0.269 e. The normalized spacial score (nSPS) is 26.2. The number of benzene rings is 1. The minimum atomic E-state index is -0.368. The minimum absolute atomic E-state index is 0.0169. The molecule has 0 unspecified atom stereocenters. The van der Waals surface area contributed by atoms with E-state index < -0.39 is 0 Å². The van der Waals surface area contributed by atoms with Crippen LogP contribution in [-0.4, -0.2) is 34.5 Å². The Kier molecular flexibility index (Phi) is 5.90. The highest BCUT2D eigenvalue weighted by atomic mass is 16.6. The van der Waals surface area contributed by atoms with Crippen molar-refractivity contribution in [3.05, 3.63) is 79.8 Å². The molecule has 36 heavy (non-hydrogen) atoms. The molecule has 0 saturated carbocycles. The average molecular weight is 489 g/mol. The minimum Gasteiger partial charge on any atom is -0.366 e. The SMILES string of the molecule is O=C(NCCC1=CCCCC1)[C@@H]1Cc2cc([N+](=O)[O-])ccc2N2C[C@H]3C[C@H](Cn4c3cccc4=O)[C@@H]12. The molecule has 1 saturated heterocycles. The number of pyridine rings is 1. The summed E-state index contributed by atoms with van der Waals surface area (Å²) in [7, 11) is 0. The van der Waals surface area contributed by atoms with Gasteiger partial charge in [-0.3, -0.25) is 19.7 Å². The van der Waals surface area contributed by atoms with Crippen molar-refractivity contribution < 1.29 is 9.72 Å². The summed E-state index contributed by atoms with van der Waals surface area (Å²) in [4.78, 5) is 39.7. The average Bonchev–Trinajstić information content (AvgIpc) is 2.89. The zero-order valence-electron chi connectivity index (χ0n) is 20.4. The van der Waals surface area contributed by atoms with E-state index in [1.165, 1.54) is 18.4 Å². The van der Waals surface area contributed by atoms with E-state index in [2.05, 4.69) is 16.3 Å². The molecule has 3 aliphatic heterocycles. The number of amides is 1. The van der Waals surface area contributed by atoms with Crippen molar-refractivity contribution in [1.29, 1.82) is 0 Å². The fourth-order valence-electron chi connectivity index (χ4n) is 7.06. The zero-order chi connectivity index (χ0) is 24.8. The van der Waals surface area contributed by atoms with Gasteiger partial charge in [0, 0.05) is 61.2 Å². The van der Waals surface area contributed by atoms with E-state index in [9.17, 15) is 19.7 Å². The molecule has 8 nitrogen and oxygen atoms in total. The van der Waals surface area contributed by atoms with Crippen molar-refractivity contribution in [2.24, 2.45) is 11.8 Å². The maximum Gasteiger partial charge on any atom is 0.269 e. The van der Waals surface area contributed by atoms with E-state index in [4.69, 9.17) is 0 Å². The third-order valence-electron chi connectivity index (χ3n) is 8.67. The Bertz CT molecular complexity index is 1300. The molecule has 188 valence electrons. The highest BCUT2D eigenvalue weighted by Gasteiger charge is 2.49. The van der Waals surface area contributed by atoms with Crippen molar-refractivity contribution in [2.45, 2.75) is 63.5 Å². The van der Waals surface area contributed by atoms with Crippen LogP contribution in [0.4, 0.5) is 11.4 Å². The fraction of sp³-hybridized carbons (Fsp3) is 0.500. The monoisotopic (exact) mass is 488 g/mol. The zero-order valence-corrected chi connectivity index (χ0v) is 20.4. The molecule has 4 heterocycles. The van der Waals surface area contributed by atoms with Crippen LogP contribution >= 0.6 is 0 Å². The highest BCUT2D eigenvalue weighted by Crippen LogP contribution is 2.47. The number of non-ortho nitro benzene ring substituents is 1. The van der Waals surface area contributed by atoms with Crippen molar-refractivity contribution in [3.8, 4) is 0 Å². The molecule has 0 spiro atoms. The number of piperidine rings is 1. The van der Waals surface area contributed by atoms with E-state index >= 15 is 0 Å². The van der Waals surface area contributed by atoms with Gasteiger partial charge in [0.2, 0.25) is 5.91 Å². The number of carbonyl (C=O) groups excluding carboxylic acids is 1. The first-order valence-electron chi connectivity index (χ1n) is 13.2. The van der Waals surface area contributed by atoms with Gasteiger partial charge in [-0.1, -0.05) is 17.7 Å². The van der Waals surface area contributed by atoms with Crippen LogP contribution in [0.3, 0.4) is 0 Å². The number of nitrogens with one attached hydrogen (secondary N) is 1. The number of fused-ring (bicyclic) bond motifs is 8. The number of rotatable bonds is 5. The van der Waals surface area contributed by atoms with E-state index in [1.807, 2.05) is 22.8 Å². The fourth-order valence-corrected chi connectivity index (χ4v) is 7.06. The lowest BCUT2D eigenvalue weighted by Crippen LogP contribution is -2.61. The summed E-state index contributed by atoms with van der Waals surface area (Å²) in [5, 5.41) is 14.7. The van der Waals surface area contributed by atoms with Crippen molar-refractivity contribution in [1.82, 2.24) is 9.88 Å². The number of aromatic nitrogens is 1. The molecule has 1 amide bonds. The molecule has 4 atom stereocenters. The first-order valence-corrected chi connectivity index (χ1v) is 13.2. The maximum absolute atomic E-state index is 13.6. The second-order valence-electron chi connectivity index (χ2n) is 10.8. The van der Waals surface area contributed by atoms with Crippen LogP contribution in [0.2, 0.25) is 0 Å². The number of allylic oxidation sites excluding steroid dienone is 1. The van der Waals surface area contributed by atoms with E-state index in [1.54, 1.807) is 18.2 Å². The predicted octanol–water partition coefficient (Wildman–Crippen LogP) is 3.93.